The molecule has 22 heavy (non-hydrogen) atoms. The van der Waals surface area contributed by atoms with Gasteiger partial charge < -0.3 is 15.0 Å². The van der Waals surface area contributed by atoms with E-state index in [1.54, 1.807) is 11.8 Å². The molecule has 3 aliphatic rings. The molecule has 0 bridgehead atoms. The van der Waals surface area contributed by atoms with Crippen molar-refractivity contribution in [2.75, 3.05) is 32.9 Å². The first-order valence-corrected chi connectivity index (χ1v) is 8.13. The molecule has 0 aromatic heterocycles. The van der Waals surface area contributed by atoms with Crippen molar-refractivity contribution in [2.45, 2.75) is 44.7 Å². The Hall–Kier alpha value is -1.63. The first-order valence-electron chi connectivity index (χ1n) is 8.13. The third-order valence-corrected chi connectivity index (χ3v) is 4.59. The van der Waals surface area contributed by atoms with E-state index in [0.29, 0.717) is 25.7 Å². The number of nitrogens with one attached hydrogen (secondary N) is 1. The van der Waals surface area contributed by atoms with Crippen LogP contribution in [-0.4, -0.2) is 72.5 Å². The minimum atomic E-state index is -0.480. The zero-order chi connectivity index (χ0) is 15.5. The summed E-state index contributed by atoms with van der Waals surface area (Å²) < 4.78 is 5.25. The lowest BCUT2D eigenvalue weighted by atomic mass is 10.2. The molecule has 1 unspecified atom stereocenters. The predicted octanol–water partition coefficient (Wildman–Crippen LogP) is -0.0359. The Morgan fingerprint density at radius 1 is 1.27 bits per heavy atom. The van der Waals surface area contributed by atoms with Gasteiger partial charge in [0, 0.05) is 13.5 Å². The van der Waals surface area contributed by atoms with Crippen molar-refractivity contribution in [1.29, 1.82) is 0 Å². The Morgan fingerprint density at radius 2 is 2.05 bits per heavy atom. The van der Waals surface area contributed by atoms with E-state index in [9.17, 15) is 9.59 Å². The quantitative estimate of drug-likeness (QED) is 0.791. The maximum Gasteiger partial charge on any atom is 0.251 e. The van der Waals surface area contributed by atoms with Gasteiger partial charge in [0.2, 0.25) is 5.91 Å². The summed E-state index contributed by atoms with van der Waals surface area (Å²) in [4.78, 5) is 33.0. The Balaban J connectivity index is 1.55. The van der Waals surface area contributed by atoms with Crippen LogP contribution in [0.25, 0.3) is 0 Å². The van der Waals surface area contributed by atoms with Crippen LogP contribution in [-0.2, 0) is 14.3 Å². The van der Waals surface area contributed by atoms with E-state index in [0.717, 1.165) is 25.9 Å². The second-order valence-electron chi connectivity index (χ2n) is 6.19. The second kappa shape index (κ2) is 6.64. The van der Waals surface area contributed by atoms with Crippen LogP contribution in [0.2, 0.25) is 0 Å². The van der Waals surface area contributed by atoms with Gasteiger partial charge in [-0.2, -0.15) is 0 Å². The molecule has 2 amide bonds. The second-order valence-corrected chi connectivity index (χ2v) is 6.19. The van der Waals surface area contributed by atoms with Gasteiger partial charge in [-0.15, -0.1) is 0 Å². The molecule has 1 N–H and O–H groups in total. The summed E-state index contributed by atoms with van der Waals surface area (Å²) in [7, 11) is 0. The highest BCUT2D eigenvalue weighted by Crippen LogP contribution is 2.20. The highest BCUT2D eigenvalue weighted by molar-refractivity contribution is 5.92. The molecule has 3 heterocycles. The fourth-order valence-corrected chi connectivity index (χ4v) is 3.36. The van der Waals surface area contributed by atoms with Crippen molar-refractivity contribution >= 4 is 17.7 Å². The molecule has 7 heteroatoms. The van der Waals surface area contributed by atoms with Crippen molar-refractivity contribution in [3.63, 3.8) is 0 Å². The van der Waals surface area contributed by atoms with Gasteiger partial charge in [-0.1, -0.05) is 0 Å². The van der Waals surface area contributed by atoms with Crippen LogP contribution in [0, 0.1) is 0 Å². The van der Waals surface area contributed by atoms with Crippen molar-refractivity contribution in [3.8, 4) is 0 Å². The average molecular weight is 308 g/mol. The van der Waals surface area contributed by atoms with Crippen LogP contribution in [0.5, 0.6) is 0 Å². The maximum atomic E-state index is 12.5. The average Bonchev–Trinajstić information content (AvgIpc) is 3.24. The maximum absolute atomic E-state index is 12.5. The topological polar surface area (TPSA) is 74.2 Å². The third kappa shape index (κ3) is 3.24. The smallest absolute Gasteiger partial charge is 0.251 e. The number of nitrogens with zero attached hydrogens (tertiary/aromatic N) is 3. The number of likely N-dealkylation sites (tertiary alicyclic amines) is 2. The van der Waals surface area contributed by atoms with E-state index in [1.807, 2.05) is 0 Å². The highest BCUT2D eigenvalue weighted by Gasteiger charge is 2.38. The van der Waals surface area contributed by atoms with Gasteiger partial charge in [0.15, 0.2) is 11.9 Å². The van der Waals surface area contributed by atoms with E-state index in [4.69, 9.17) is 4.74 Å². The van der Waals surface area contributed by atoms with E-state index in [2.05, 4.69) is 15.2 Å². The Morgan fingerprint density at radius 3 is 2.73 bits per heavy atom. The monoisotopic (exact) mass is 308 g/mol. The number of aliphatic imine (C=N–C) groups is 1. The van der Waals surface area contributed by atoms with Gasteiger partial charge in [0.25, 0.3) is 5.91 Å². The van der Waals surface area contributed by atoms with E-state index >= 15 is 0 Å². The fourth-order valence-electron chi connectivity index (χ4n) is 3.36. The lowest BCUT2D eigenvalue weighted by Gasteiger charge is -2.26. The Bertz CT molecular complexity index is 473. The molecule has 3 rings (SSSR count). The van der Waals surface area contributed by atoms with Crippen LogP contribution < -0.4 is 5.32 Å². The SMILES string of the molecule is CC1=NC(C(=O)N2CCC[C@H]2C(=O)NCN2CCCC2)CO1. The molecule has 2 saturated heterocycles. The van der Waals surface area contributed by atoms with Crippen molar-refractivity contribution < 1.29 is 14.3 Å². The van der Waals surface area contributed by atoms with Crippen LogP contribution in [0.4, 0.5) is 0 Å². The lowest BCUT2D eigenvalue weighted by molar-refractivity contribution is -0.139. The Kier molecular flexibility index (Phi) is 4.61. The fraction of sp³-hybridized carbons (Fsp3) is 0.800. The van der Waals surface area contributed by atoms with E-state index in [-0.39, 0.29) is 17.9 Å². The molecule has 7 nitrogen and oxygen atoms in total. The van der Waals surface area contributed by atoms with Crippen molar-refractivity contribution in [1.82, 2.24) is 15.1 Å². The van der Waals surface area contributed by atoms with Gasteiger partial charge >= 0.3 is 0 Å². The van der Waals surface area contributed by atoms with Crippen LogP contribution in [0.1, 0.15) is 32.6 Å². The molecule has 122 valence electrons. The predicted molar refractivity (Wildman–Crippen MR) is 81.4 cm³/mol. The van der Waals surface area contributed by atoms with Gasteiger partial charge in [-0.25, -0.2) is 4.99 Å². The van der Waals surface area contributed by atoms with Crippen molar-refractivity contribution in [3.05, 3.63) is 0 Å². The Labute approximate surface area is 130 Å². The molecule has 0 radical (unpaired) electrons. The summed E-state index contributed by atoms with van der Waals surface area (Å²) in [6.45, 7) is 5.34. The zero-order valence-corrected chi connectivity index (χ0v) is 13.1. The molecular formula is C15H24N4O3. The molecular weight excluding hydrogens is 284 g/mol. The molecule has 0 aromatic carbocycles. The number of hydrogen-bond acceptors (Lipinski definition) is 5. The normalized spacial score (nSPS) is 28.6. The minimum absolute atomic E-state index is 0.0441. The standard InChI is InChI=1S/C15H24N4O3/c1-11-17-12(9-22-11)15(21)19-8-4-5-13(19)14(20)16-10-18-6-2-3-7-18/h12-13H,2-10H2,1H3,(H,16,20)/t12?,13-/m0/s1. The summed E-state index contributed by atoms with van der Waals surface area (Å²) in [5.74, 6) is 0.417. The summed E-state index contributed by atoms with van der Waals surface area (Å²) in [5, 5.41) is 2.98. The largest absolute Gasteiger partial charge is 0.478 e. The lowest BCUT2D eigenvalue weighted by Crippen LogP contribution is -2.50. The molecule has 0 spiro atoms. The van der Waals surface area contributed by atoms with Crippen LogP contribution in [0.3, 0.4) is 0 Å². The van der Waals surface area contributed by atoms with Gasteiger partial charge in [0.05, 0.1) is 6.67 Å². The van der Waals surface area contributed by atoms with E-state index < -0.39 is 6.04 Å². The summed E-state index contributed by atoms with van der Waals surface area (Å²) in [6, 6.07) is -0.835. The number of carbonyl (C=O) groups is 2. The molecule has 0 aliphatic carbocycles. The molecule has 2 atom stereocenters. The molecule has 3 aliphatic heterocycles. The zero-order valence-electron chi connectivity index (χ0n) is 13.1. The molecule has 2 fully saturated rings. The first-order chi connectivity index (χ1) is 10.6. The highest BCUT2D eigenvalue weighted by atomic mass is 16.5. The van der Waals surface area contributed by atoms with Gasteiger partial charge in [-0.3, -0.25) is 14.5 Å². The van der Waals surface area contributed by atoms with Gasteiger partial charge in [-0.05, 0) is 38.8 Å². The van der Waals surface area contributed by atoms with Crippen molar-refractivity contribution in [2.24, 2.45) is 4.99 Å². The third-order valence-electron chi connectivity index (χ3n) is 4.59. The van der Waals surface area contributed by atoms with Crippen LogP contribution >= 0.6 is 0 Å². The van der Waals surface area contributed by atoms with Gasteiger partial charge in [0.1, 0.15) is 12.6 Å². The van der Waals surface area contributed by atoms with Crippen LogP contribution in [0.15, 0.2) is 4.99 Å². The molecule has 0 aromatic rings. The minimum Gasteiger partial charge on any atom is -0.478 e. The number of carbonyl (C=O) groups excluding carboxylic acids is 2. The number of amides is 2. The summed E-state index contributed by atoms with van der Waals surface area (Å²) in [5.41, 5.74) is 0. The summed E-state index contributed by atoms with van der Waals surface area (Å²) >= 11 is 0. The van der Waals surface area contributed by atoms with E-state index in [1.165, 1.54) is 12.8 Å². The first kappa shape index (κ1) is 15.3. The number of hydrogen-bond donors (Lipinski definition) is 1. The number of rotatable bonds is 4. The summed E-state index contributed by atoms with van der Waals surface area (Å²) in [6.07, 6.45) is 3.99. The number of ether oxygens (including phenoxy) is 1. The molecule has 0 saturated carbocycles.